The number of nitrogens with zero attached hydrogens (tertiary/aromatic N) is 1. The van der Waals surface area contributed by atoms with E-state index in [9.17, 15) is 4.79 Å². The molecule has 3 rings (SSSR count). The van der Waals surface area contributed by atoms with Gasteiger partial charge in [0.05, 0.1) is 16.7 Å². The molecule has 0 unspecified atom stereocenters. The van der Waals surface area contributed by atoms with Gasteiger partial charge in [-0.25, -0.2) is 0 Å². The van der Waals surface area contributed by atoms with E-state index in [1.165, 1.54) is 11.3 Å². The number of hydrogen-bond donors (Lipinski definition) is 1. The summed E-state index contributed by atoms with van der Waals surface area (Å²) >= 11 is 1.53. The van der Waals surface area contributed by atoms with Crippen molar-refractivity contribution in [1.29, 1.82) is 0 Å². The highest BCUT2D eigenvalue weighted by atomic mass is 32.1. The molecule has 0 saturated carbocycles. The van der Waals surface area contributed by atoms with E-state index >= 15 is 0 Å². The molecule has 0 radical (unpaired) electrons. The summed E-state index contributed by atoms with van der Waals surface area (Å²) in [5.41, 5.74) is 1.05. The van der Waals surface area contributed by atoms with E-state index in [-0.39, 0.29) is 5.91 Å². The molecule has 1 N–H and O–H groups in total. The van der Waals surface area contributed by atoms with Crippen molar-refractivity contribution in [3.05, 3.63) is 53.2 Å². The van der Waals surface area contributed by atoms with Crippen LogP contribution in [-0.4, -0.2) is 17.6 Å². The molecule has 0 aliphatic carbocycles. The first-order valence-electron chi connectivity index (χ1n) is 7.59. The highest BCUT2D eigenvalue weighted by molar-refractivity contribution is 7.20. The number of thiophene rings is 1. The maximum atomic E-state index is 12.3. The molecule has 0 aliphatic rings. The zero-order valence-corrected chi connectivity index (χ0v) is 14.3. The van der Waals surface area contributed by atoms with Gasteiger partial charge in [-0.1, -0.05) is 12.1 Å². The van der Waals surface area contributed by atoms with Crippen LogP contribution >= 0.6 is 11.3 Å². The van der Waals surface area contributed by atoms with Crippen LogP contribution < -0.4 is 10.1 Å². The summed E-state index contributed by atoms with van der Waals surface area (Å²) < 4.78 is 8.44. The van der Waals surface area contributed by atoms with E-state index in [0.29, 0.717) is 12.6 Å². The van der Waals surface area contributed by atoms with E-state index in [4.69, 9.17) is 4.74 Å². The van der Waals surface area contributed by atoms with Crippen molar-refractivity contribution < 1.29 is 9.53 Å². The molecule has 0 spiro atoms. The van der Waals surface area contributed by atoms with Gasteiger partial charge in [-0.3, -0.25) is 4.79 Å². The lowest BCUT2D eigenvalue weighted by Crippen LogP contribution is -2.21. The zero-order chi connectivity index (χ0) is 16.4. The Morgan fingerprint density at radius 2 is 2.00 bits per heavy atom. The number of hydrogen-bond acceptors (Lipinski definition) is 3. The summed E-state index contributed by atoms with van der Waals surface area (Å²) in [5.74, 6) is 0.786. The summed E-state index contributed by atoms with van der Waals surface area (Å²) in [6.45, 7) is 4.80. The number of carbonyl (C=O) groups excluding carboxylic acids is 1. The van der Waals surface area contributed by atoms with Gasteiger partial charge in [-0.15, -0.1) is 11.3 Å². The van der Waals surface area contributed by atoms with Gasteiger partial charge in [0.15, 0.2) is 0 Å². The number of ether oxygens (including phenoxy) is 1. The number of aromatic nitrogens is 1. The molecule has 3 aromatic rings. The van der Waals surface area contributed by atoms with Gasteiger partial charge >= 0.3 is 0 Å². The van der Waals surface area contributed by atoms with Crippen molar-refractivity contribution >= 4 is 27.3 Å². The Kier molecular flexibility index (Phi) is 4.39. The van der Waals surface area contributed by atoms with Crippen molar-refractivity contribution in [2.75, 3.05) is 7.11 Å². The molecule has 4 nitrogen and oxygen atoms in total. The van der Waals surface area contributed by atoms with Crippen LogP contribution in [0.25, 0.3) is 10.1 Å². The molecule has 23 heavy (non-hydrogen) atoms. The largest absolute Gasteiger partial charge is 0.497 e. The lowest BCUT2D eigenvalue weighted by molar-refractivity contribution is 0.0955. The van der Waals surface area contributed by atoms with Crippen LogP contribution in [0.5, 0.6) is 5.75 Å². The first-order valence-corrected chi connectivity index (χ1v) is 8.40. The maximum Gasteiger partial charge on any atom is 0.261 e. The molecule has 120 valence electrons. The van der Waals surface area contributed by atoms with Crippen LogP contribution in [0.1, 0.15) is 35.1 Å². The van der Waals surface area contributed by atoms with Crippen LogP contribution in [0.3, 0.4) is 0 Å². The summed E-state index contributed by atoms with van der Waals surface area (Å²) in [5, 5.41) is 4.09. The highest BCUT2D eigenvalue weighted by Gasteiger charge is 2.12. The van der Waals surface area contributed by atoms with E-state index in [2.05, 4.69) is 36.1 Å². The van der Waals surface area contributed by atoms with Gasteiger partial charge in [-0.05, 0) is 37.6 Å². The SMILES string of the molecule is COc1ccc(CNC(=O)c2cc3cn(C(C)C)cc3s2)cc1. The van der Waals surface area contributed by atoms with Crippen LogP contribution in [0.4, 0.5) is 0 Å². The van der Waals surface area contributed by atoms with Crippen LogP contribution in [0.15, 0.2) is 42.7 Å². The van der Waals surface area contributed by atoms with Crippen molar-refractivity contribution in [3.63, 3.8) is 0 Å². The molecule has 1 aromatic carbocycles. The fourth-order valence-corrected chi connectivity index (χ4v) is 3.37. The molecule has 1 amide bonds. The van der Waals surface area contributed by atoms with Crippen molar-refractivity contribution in [2.45, 2.75) is 26.4 Å². The third-order valence-corrected chi connectivity index (χ3v) is 4.86. The van der Waals surface area contributed by atoms with Gasteiger partial charge in [0.1, 0.15) is 5.75 Å². The number of rotatable bonds is 5. The van der Waals surface area contributed by atoms with Gasteiger partial charge < -0.3 is 14.6 Å². The average molecular weight is 328 g/mol. The van der Waals surface area contributed by atoms with E-state index < -0.39 is 0 Å². The Labute approximate surface area is 139 Å². The van der Waals surface area contributed by atoms with Gasteiger partial charge in [-0.2, -0.15) is 0 Å². The molecular formula is C18H20N2O2S. The summed E-state index contributed by atoms with van der Waals surface area (Å²) in [4.78, 5) is 13.0. The fourth-order valence-electron chi connectivity index (χ4n) is 2.38. The summed E-state index contributed by atoms with van der Waals surface area (Å²) in [7, 11) is 1.64. The molecule has 0 fully saturated rings. The molecule has 0 atom stereocenters. The van der Waals surface area contributed by atoms with Crippen LogP contribution in [-0.2, 0) is 6.54 Å². The molecule has 0 bridgehead atoms. The quantitative estimate of drug-likeness (QED) is 0.762. The molecule has 0 aliphatic heterocycles. The first-order chi connectivity index (χ1) is 11.1. The molecule has 2 aromatic heterocycles. The van der Waals surface area contributed by atoms with Crippen molar-refractivity contribution in [3.8, 4) is 5.75 Å². The van der Waals surface area contributed by atoms with Gasteiger partial charge in [0.25, 0.3) is 5.91 Å². The number of benzene rings is 1. The van der Waals surface area contributed by atoms with Crippen LogP contribution in [0, 0.1) is 0 Å². The lowest BCUT2D eigenvalue weighted by Gasteiger charge is -2.06. The second kappa shape index (κ2) is 6.46. The van der Waals surface area contributed by atoms with Crippen molar-refractivity contribution in [1.82, 2.24) is 9.88 Å². The number of nitrogens with one attached hydrogen (secondary N) is 1. The van der Waals surface area contributed by atoms with Gasteiger partial charge in [0, 0.05) is 30.4 Å². The topological polar surface area (TPSA) is 43.3 Å². The Bertz CT molecular complexity index is 784. The minimum Gasteiger partial charge on any atom is -0.497 e. The minimum atomic E-state index is -0.0295. The molecule has 5 heteroatoms. The van der Waals surface area contributed by atoms with E-state index in [1.54, 1.807) is 7.11 Å². The minimum absolute atomic E-state index is 0.0295. The third kappa shape index (κ3) is 3.40. The average Bonchev–Trinajstić information content (AvgIpc) is 3.12. The van der Waals surface area contributed by atoms with E-state index in [0.717, 1.165) is 26.3 Å². The maximum absolute atomic E-state index is 12.3. The Morgan fingerprint density at radius 3 is 2.61 bits per heavy atom. The fraction of sp³-hybridized carbons (Fsp3) is 0.278. The number of amides is 1. The predicted molar refractivity (Wildman–Crippen MR) is 94.4 cm³/mol. The predicted octanol–water partition coefficient (Wildman–Crippen LogP) is 4.22. The monoisotopic (exact) mass is 328 g/mol. The number of carbonyl (C=O) groups is 1. The third-order valence-electron chi connectivity index (χ3n) is 3.78. The summed E-state index contributed by atoms with van der Waals surface area (Å²) in [6, 6.07) is 10.1. The molecule has 2 heterocycles. The second-order valence-electron chi connectivity index (χ2n) is 5.76. The lowest BCUT2D eigenvalue weighted by atomic mass is 10.2. The Balaban J connectivity index is 1.66. The smallest absolute Gasteiger partial charge is 0.261 e. The van der Waals surface area contributed by atoms with E-state index in [1.807, 2.05) is 30.3 Å². The molecule has 0 saturated heterocycles. The first kappa shape index (κ1) is 15.6. The van der Waals surface area contributed by atoms with Crippen LogP contribution in [0.2, 0.25) is 0 Å². The van der Waals surface area contributed by atoms with Gasteiger partial charge in [0.2, 0.25) is 0 Å². The highest BCUT2D eigenvalue weighted by Crippen LogP contribution is 2.28. The molecular weight excluding hydrogens is 308 g/mol. The number of methoxy groups -OCH3 is 1. The normalized spacial score (nSPS) is 11.1. The van der Waals surface area contributed by atoms with Crippen molar-refractivity contribution in [2.24, 2.45) is 0 Å². The summed E-state index contributed by atoms with van der Waals surface area (Å²) in [6.07, 6.45) is 4.20. The Hall–Kier alpha value is -2.27. The second-order valence-corrected chi connectivity index (χ2v) is 6.84. The standard InChI is InChI=1S/C18H20N2O2S/c1-12(2)20-10-14-8-16(23-17(14)11-20)18(21)19-9-13-4-6-15(22-3)7-5-13/h4-8,10-12H,9H2,1-3H3,(H,19,21). The number of fused-ring (bicyclic) bond motifs is 1. The Morgan fingerprint density at radius 1 is 1.26 bits per heavy atom. The zero-order valence-electron chi connectivity index (χ0n) is 13.5.